The van der Waals surface area contributed by atoms with Gasteiger partial charge in [-0.15, -0.1) is 0 Å². The topological polar surface area (TPSA) is 95.9 Å². The highest BCUT2D eigenvalue weighted by Crippen LogP contribution is 2.44. The van der Waals surface area contributed by atoms with Crippen LogP contribution in [-0.4, -0.2) is 53.2 Å². The molecule has 1 aliphatic carbocycles. The maximum atomic E-state index is 12.8. The number of carboxylic acid groups (broad SMARTS) is 1. The van der Waals surface area contributed by atoms with Crippen LogP contribution in [-0.2, 0) is 14.3 Å². The number of nitrogens with zero attached hydrogens (tertiary/aromatic N) is 1. The monoisotopic (exact) mass is 466 g/mol. The molecule has 34 heavy (non-hydrogen) atoms. The predicted octanol–water partition coefficient (Wildman–Crippen LogP) is 4.80. The van der Waals surface area contributed by atoms with Gasteiger partial charge in [-0.1, -0.05) is 68.3 Å². The normalized spacial score (nSPS) is 13.5. The molecule has 0 aliphatic heterocycles. The number of carbonyl (C=O) groups is 3. The van der Waals surface area contributed by atoms with Gasteiger partial charge in [0.25, 0.3) is 0 Å². The number of unbranched alkanes of at least 4 members (excludes halogenated alkanes) is 1. The van der Waals surface area contributed by atoms with Crippen molar-refractivity contribution in [1.29, 1.82) is 0 Å². The number of alkyl carbamates (subject to hydrolysis) is 1. The first-order chi connectivity index (χ1) is 16.2. The van der Waals surface area contributed by atoms with Crippen LogP contribution in [0.4, 0.5) is 4.79 Å². The molecule has 2 N–H and O–H groups in total. The zero-order chi connectivity index (χ0) is 24.9. The Balaban J connectivity index is 1.64. The number of benzene rings is 2. The van der Waals surface area contributed by atoms with Crippen molar-refractivity contribution in [3.05, 3.63) is 59.7 Å². The highest BCUT2D eigenvalue weighted by molar-refractivity contribution is 5.86. The van der Waals surface area contributed by atoms with E-state index in [0.717, 1.165) is 35.1 Å². The average molecular weight is 467 g/mol. The minimum absolute atomic E-state index is 0.0113. The lowest BCUT2D eigenvalue weighted by molar-refractivity contribution is -0.155. The van der Waals surface area contributed by atoms with Crippen LogP contribution in [0.1, 0.15) is 63.5 Å². The first-order valence-electron chi connectivity index (χ1n) is 11.8. The quantitative estimate of drug-likeness (QED) is 0.525. The summed E-state index contributed by atoms with van der Waals surface area (Å²) >= 11 is 0. The number of carboxylic acids is 1. The van der Waals surface area contributed by atoms with E-state index < -0.39 is 23.6 Å². The molecule has 0 heterocycles. The SMILES string of the molecule is CCCCC(CC(=O)N(C)C(C)(C)C(=O)O)NC(=O)OCC1c2ccccc2-c2ccccc21. The van der Waals surface area contributed by atoms with E-state index in [0.29, 0.717) is 6.42 Å². The summed E-state index contributed by atoms with van der Waals surface area (Å²) in [5, 5.41) is 12.2. The second-order valence-electron chi connectivity index (χ2n) is 9.33. The molecule has 0 saturated heterocycles. The van der Waals surface area contributed by atoms with Gasteiger partial charge in [0, 0.05) is 25.4 Å². The highest BCUT2D eigenvalue weighted by atomic mass is 16.5. The molecule has 182 valence electrons. The van der Waals surface area contributed by atoms with Gasteiger partial charge in [-0.25, -0.2) is 9.59 Å². The van der Waals surface area contributed by atoms with Crippen molar-refractivity contribution in [2.45, 2.75) is 64.0 Å². The molecule has 3 rings (SSSR count). The Morgan fingerprint density at radius 2 is 1.62 bits per heavy atom. The third kappa shape index (κ3) is 5.41. The Hall–Kier alpha value is -3.35. The molecule has 1 atom stereocenters. The summed E-state index contributed by atoms with van der Waals surface area (Å²) in [7, 11) is 1.47. The first-order valence-corrected chi connectivity index (χ1v) is 11.8. The summed E-state index contributed by atoms with van der Waals surface area (Å²) in [6.45, 7) is 5.19. The van der Waals surface area contributed by atoms with Crippen molar-refractivity contribution < 1.29 is 24.2 Å². The van der Waals surface area contributed by atoms with Crippen molar-refractivity contribution in [3.63, 3.8) is 0 Å². The van der Waals surface area contributed by atoms with Crippen molar-refractivity contribution >= 4 is 18.0 Å². The molecule has 7 nitrogen and oxygen atoms in total. The third-order valence-electron chi connectivity index (χ3n) is 6.73. The van der Waals surface area contributed by atoms with Gasteiger partial charge in [0.05, 0.1) is 0 Å². The van der Waals surface area contributed by atoms with Crippen molar-refractivity contribution in [3.8, 4) is 11.1 Å². The highest BCUT2D eigenvalue weighted by Gasteiger charge is 2.36. The van der Waals surface area contributed by atoms with Crippen LogP contribution in [0.3, 0.4) is 0 Å². The number of rotatable bonds is 10. The van der Waals surface area contributed by atoms with Crippen LogP contribution < -0.4 is 5.32 Å². The van der Waals surface area contributed by atoms with Crippen LogP contribution in [0.15, 0.2) is 48.5 Å². The Morgan fingerprint density at radius 1 is 1.06 bits per heavy atom. The van der Waals surface area contributed by atoms with Gasteiger partial charge in [-0.05, 0) is 42.5 Å². The van der Waals surface area contributed by atoms with E-state index in [2.05, 4.69) is 29.6 Å². The van der Waals surface area contributed by atoms with Crippen LogP contribution in [0.25, 0.3) is 11.1 Å². The second-order valence-corrected chi connectivity index (χ2v) is 9.33. The van der Waals surface area contributed by atoms with E-state index in [9.17, 15) is 19.5 Å². The molecule has 2 amide bonds. The molecular weight excluding hydrogens is 432 g/mol. The van der Waals surface area contributed by atoms with E-state index >= 15 is 0 Å². The molecule has 0 saturated carbocycles. The minimum Gasteiger partial charge on any atom is -0.480 e. The summed E-state index contributed by atoms with van der Waals surface area (Å²) in [4.78, 5) is 38.2. The number of hydrogen-bond donors (Lipinski definition) is 2. The number of fused-ring (bicyclic) bond motifs is 3. The maximum Gasteiger partial charge on any atom is 0.407 e. The van der Waals surface area contributed by atoms with Gasteiger partial charge in [-0.3, -0.25) is 4.79 Å². The van der Waals surface area contributed by atoms with Gasteiger partial charge < -0.3 is 20.1 Å². The van der Waals surface area contributed by atoms with E-state index in [4.69, 9.17) is 4.74 Å². The Morgan fingerprint density at radius 3 is 2.15 bits per heavy atom. The molecule has 2 aromatic rings. The summed E-state index contributed by atoms with van der Waals surface area (Å²) in [5.74, 6) is -1.47. The van der Waals surface area contributed by atoms with E-state index in [1.807, 2.05) is 31.2 Å². The molecule has 1 aliphatic rings. The van der Waals surface area contributed by atoms with E-state index in [1.54, 1.807) is 0 Å². The number of aliphatic carboxylic acids is 1. The molecule has 0 bridgehead atoms. The lowest BCUT2D eigenvalue weighted by Gasteiger charge is -2.32. The molecule has 0 fully saturated rings. The Labute approximate surface area is 201 Å². The number of amides is 2. The van der Waals surface area contributed by atoms with Gasteiger partial charge in [0.15, 0.2) is 0 Å². The van der Waals surface area contributed by atoms with Crippen LogP contribution in [0.2, 0.25) is 0 Å². The molecule has 2 aromatic carbocycles. The molecule has 0 aromatic heterocycles. The molecule has 7 heteroatoms. The fourth-order valence-corrected chi connectivity index (χ4v) is 4.29. The fourth-order valence-electron chi connectivity index (χ4n) is 4.29. The number of carbonyl (C=O) groups excluding carboxylic acids is 2. The standard InChI is InChI=1S/C27H34N2O5/c1-5-6-11-18(16-24(30)29(4)27(2,3)25(31)32)28-26(33)34-17-23-21-14-9-7-12-19(21)20-13-8-10-15-22(20)23/h7-10,12-15,18,23H,5-6,11,16-17H2,1-4H3,(H,28,33)(H,31,32). The zero-order valence-electron chi connectivity index (χ0n) is 20.3. The molecule has 0 spiro atoms. The van der Waals surface area contributed by atoms with Gasteiger partial charge in [0.2, 0.25) is 5.91 Å². The van der Waals surface area contributed by atoms with Crippen molar-refractivity contribution in [2.75, 3.05) is 13.7 Å². The van der Waals surface area contributed by atoms with Crippen LogP contribution in [0, 0.1) is 0 Å². The number of likely N-dealkylation sites (N-methyl/N-ethyl adjacent to an activating group) is 1. The van der Waals surface area contributed by atoms with Gasteiger partial charge in [0.1, 0.15) is 12.1 Å². The Kier molecular flexibility index (Phi) is 7.97. The lowest BCUT2D eigenvalue weighted by Crippen LogP contribution is -2.52. The minimum atomic E-state index is -1.34. The largest absolute Gasteiger partial charge is 0.480 e. The third-order valence-corrected chi connectivity index (χ3v) is 6.73. The molecule has 1 unspecified atom stereocenters. The van der Waals surface area contributed by atoms with Crippen LogP contribution in [0.5, 0.6) is 0 Å². The summed E-state index contributed by atoms with van der Waals surface area (Å²) in [6, 6.07) is 15.8. The zero-order valence-corrected chi connectivity index (χ0v) is 20.3. The van der Waals surface area contributed by atoms with E-state index in [-0.39, 0.29) is 24.9 Å². The lowest BCUT2D eigenvalue weighted by atomic mass is 9.98. The molecular formula is C27H34N2O5. The predicted molar refractivity (Wildman–Crippen MR) is 131 cm³/mol. The maximum absolute atomic E-state index is 12.8. The van der Waals surface area contributed by atoms with E-state index in [1.165, 1.54) is 25.8 Å². The average Bonchev–Trinajstić information content (AvgIpc) is 3.14. The summed E-state index contributed by atoms with van der Waals surface area (Å²) < 4.78 is 5.63. The summed E-state index contributed by atoms with van der Waals surface area (Å²) in [5.41, 5.74) is 3.24. The number of ether oxygens (including phenoxy) is 1. The van der Waals surface area contributed by atoms with Crippen LogP contribution >= 0.6 is 0 Å². The number of hydrogen-bond acceptors (Lipinski definition) is 4. The van der Waals surface area contributed by atoms with Crippen molar-refractivity contribution in [1.82, 2.24) is 10.2 Å². The summed E-state index contributed by atoms with van der Waals surface area (Å²) in [6.07, 6.45) is 1.78. The van der Waals surface area contributed by atoms with Gasteiger partial charge in [-0.2, -0.15) is 0 Å². The first kappa shape index (κ1) is 25.3. The Bertz CT molecular complexity index is 1000. The fraction of sp³-hybridized carbons (Fsp3) is 0.444. The smallest absolute Gasteiger partial charge is 0.407 e. The van der Waals surface area contributed by atoms with Gasteiger partial charge >= 0.3 is 12.1 Å². The second kappa shape index (κ2) is 10.7. The molecule has 0 radical (unpaired) electrons. The number of nitrogens with one attached hydrogen (secondary N) is 1. The van der Waals surface area contributed by atoms with Crippen molar-refractivity contribution in [2.24, 2.45) is 0 Å².